The lowest BCUT2D eigenvalue weighted by Gasteiger charge is -2.47. The first kappa shape index (κ1) is 17.4. The first-order valence-corrected chi connectivity index (χ1v) is 9.62. The molecule has 0 atom stereocenters. The number of likely N-dealkylation sites (tertiary alicyclic amines) is 2. The summed E-state index contributed by atoms with van der Waals surface area (Å²) in [5, 5.41) is 0.845. The predicted octanol–water partition coefficient (Wildman–Crippen LogP) is 3.60. The van der Waals surface area contributed by atoms with Crippen molar-refractivity contribution in [3.05, 3.63) is 41.8 Å². The number of piperidine rings is 2. The average Bonchev–Trinajstić information content (AvgIpc) is 2.66. The van der Waals surface area contributed by atoms with Gasteiger partial charge in [-0.2, -0.15) is 0 Å². The van der Waals surface area contributed by atoms with Gasteiger partial charge in [-0.05, 0) is 69.0 Å². The van der Waals surface area contributed by atoms with E-state index in [0.717, 1.165) is 68.6 Å². The molecule has 0 radical (unpaired) electrons. The molecular formula is C21H26FN3O. The number of fused-ring (bicyclic) bond motifs is 1. The van der Waals surface area contributed by atoms with E-state index in [4.69, 9.17) is 0 Å². The van der Waals surface area contributed by atoms with Crippen molar-refractivity contribution in [2.24, 2.45) is 5.41 Å². The lowest BCUT2D eigenvalue weighted by molar-refractivity contribution is -0.138. The van der Waals surface area contributed by atoms with Gasteiger partial charge in [-0.1, -0.05) is 6.07 Å². The zero-order valence-corrected chi connectivity index (χ0v) is 15.4. The van der Waals surface area contributed by atoms with E-state index in [0.29, 0.717) is 17.7 Å². The molecule has 0 N–H and O–H groups in total. The zero-order valence-electron chi connectivity index (χ0n) is 15.4. The molecule has 1 aromatic carbocycles. The Labute approximate surface area is 154 Å². The Kier molecular flexibility index (Phi) is 4.65. The van der Waals surface area contributed by atoms with Crippen LogP contribution in [0.5, 0.6) is 0 Å². The number of benzene rings is 1. The van der Waals surface area contributed by atoms with Gasteiger partial charge in [-0.25, -0.2) is 4.39 Å². The number of pyridine rings is 1. The Morgan fingerprint density at radius 3 is 2.73 bits per heavy atom. The van der Waals surface area contributed by atoms with Crippen LogP contribution in [-0.4, -0.2) is 46.9 Å². The third-order valence-corrected chi connectivity index (χ3v) is 6.14. The minimum atomic E-state index is -0.222. The molecule has 0 unspecified atom stereocenters. The zero-order chi connectivity index (χ0) is 18.1. The SMILES string of the molecule is CCN1CC2(CCC1=O)CCN(Cc1ccc3cc(F)ccc3n1)CC2. The van der Waals surface area contributed by atoms with E-state index in [1.165, 1.54) is 12.1 Å². The highest BCUT2D eigenvalue weighted by Crippen LogP contribution is 2.40. The van der Waals surface area contributed by atoms with Crippen LogP contribution in [0.2, 0.25) is 0 Å². The number of nitrogens with zero attached hydrogens (tertiary/aromatic N) is 3. The molecule has 0 bridgehead atoms. The number of hydrogen-bond acceptors (Lipinski definition) is 3. The first-order chi connectivity index (χ1) is 12.6. The van der Waals surface area contributed by atoms with E-state index in [-0.39, 0.29) is 5.82 Å². The summed E-state index contributed by atoms with van der Waals surface area (Å²) in [5.74, 6) is 0.0952. The molecule has 2 aliphatic rings. The Balaban J connectivity index is 1.39. The average molecular weight is 355 g/mol. The highest BCUT2D eigenvalue weighted by Gasteiger charge is 2.40. The number of halogens is 1. The van der Waals surface area contributed by atoms with Crippen LogP contribution in [0.4, 0.5) is 4.39 Å². The Morgan fingerprint density at radius 1 is 1.15 bits per heavy atom. The number of carbonyl (C=O) groups excluding carboxylic acids is 1. The van der Waals surface area contributed by atoms with Crippen molar-refractivity contribution in [2.75, 3.05) is 26.2 Å². The standard InChI is InChI=1S/C21H26FN3O/c1-2-25-15-21(8-7-20(25)26)9-11-24(12-10-21)14-18-5-3-16-13-17(22)4-6-19(16)23-18/h3-6,13H,2,7-12,14-15H2,1H3. The van der Waals surface area contributed by atoms with Gasteiger partial charge in [0, 0.05) is 31.4 Å². The second kappa shape index (κ2) is 6.95. The first-order valence-electron chi connectivity index (χ1n) is 9.62. The molecule has 26 heavy (non-hydrogen) atoms. The van der Waals surface area contributed by atoms with Crippen LogP contribution in [-0.2, 0) is 11.3 Å². The fourth-order valence-electron chi connectivity index (χ4n) is 4.44. The van der Waals surface area contributed by atoms with Gasteiger partial charge in [0.15, 0.2) is 0 Å². The van der Waals surface area contributed by atoms with Gasteiger partial charge in [-0.15, -0.1) is 0 Å². The largest absolute Gasteiger partial charge is 0.342 e. The summed E-state index contributed by atoms with van der Waals surface area (Å²) in [6.45, 7) is 6.76. The normalized spacial score (nSPS) is 20.8. The van der Waals surface area contributed by atoms with Gasteiger partial charge >= 0.3 is 0 Å². The number of carbonyl (C=O) groups is 1. The highest BCUT2D eigenvalue weighted by atomic mass is 19.1. The van der Waals surface area contributed by atoms with E-state index in [2.05, 4.69) is 16.8 Å². The molecule has 4 nitrogen and oxygen atoms in total. The van der Waals surface area contributed by atoms with Crippen molar-refractivity contribution in [1.82, 2.24) is 14.8 Å². The van der Waals surface area contributed by atoms with Crippen LogP contribution in [0.25, 0.3) is 10.9 Å². The van der Waals surface area contributed by atoms with E-state index in [1.54, 1.807) is 6.07 Å². The fourth-order valence-corrected chi connectivity index (χ4v) is 4.44. The van der Waals surface area contributed by atoms with E-state index in [1.807, 2.05) is 17.0 Å². The van der Waals surface area contributed by atoms with Crippen LogP contribution in [0.1, 0.15) is 38.3 Å². The van der Waals surface area contributed by atoms with Crippen LogP contribution in [0, 0.1) is 11.2 Å². The van der Waals surface area contributed by atoms with Crippen LogP contribution < -0.4 is 0 Å². The molecule has 1 aromatic heterocycles. The predicted molar refractivity (Wildman–Crippen MR) is 100 cm³/mol. The lowest BCUT2D eigenvalue weighted by atomic mass is 9.72. The summed E-state index contributed by atoms with van der Waals surface area (Å²) < 4.78 is 13.3. The van der Waals surface area contributed by atoms with Gasteiger partial charge < -0.3 is 4.90 Å². The molecule has 2 saturated heterocycles. The van der Waals surface area contributed by atoms with Gasteiger partial charge in [0.25, 0.3) is 0 Å². The second-order valence-electron chi connectivity index (χ2n) is 7.82. The van der Waals surface area contributed by atoms with E-state index in [9.17, 15) is 9.18 Å². The van der Waals surface area contributed by atoms with Gasteiger partial charge in [0.1, 0.15) is 5.82 Å². The van der Waals surface area contributed by atoms with Crippen LogP contribution >= 0.6 is 0 Å². The van der Waals surface area contributed by atoms with E-state index < -0.39 is 0 Å². The molecule has 3 heterocycles. The molecule has 1 spiro atoms. The topological polar surface area (TPSA) is 36.4 Å². The minimum Gasteiger partial charge on any atom is -0.342 e. The Morgan fingerprint density at radius 2 is 1.96 bits per heavy atom. The van der Waals surface area contributed by atoms with Gasteiger partial charge in [-0.3, -0.25) is 14.7 Å². The van der Waals surface area contributed by atoms with Crippen LogP contribution in [0.3, 0.4) is 0 Å². The summed E-state index contributed by atoms with van der Waals surface area (Å²) >= 11 is 0. The van der Waals surface area contributed by atoms with Gasteiger partial charge in [0.2, 0.25) is 5.91 Å². The summed E-state index contributed by atoms with van der Waals surface area (Å²) in [6, 6.07) is 8.70. The van der Waals surface area contributed by atoms with Gasteiger partial charge in [0.05, 0.1) is 11.2 Å². The molecule has 4 rings (SSSR count). The quantitative estimate of drug-likeness (QED) is 0.844. The lowest BCUT2D eigenvalue weighted by Crippen LogP contribution is -2.51. The molecule has 2 fully saturated rings. The third kappa shape index (κ3) is 3.45. The smallest absolute Gasteiger partial charge is 0.222 e. The Hall–Kier alpha value is -2.01. The molecule has 0 aliphatic carbocycles. The Bertz CT molecular complexity index is 814. The maximum absolute atomic E-state index is 13.3. The third-order valence-electron chi connectivity index (χ3n) is 6.14. The summed E-state index contributed by atoms with van der Waals surface area (Å²) in [7, 11) is 0. The molecule has 2 aromatic rings. The highest BCUT2D eigenvalue weighted by molar-refractivity contribution is 5.78. The number of hydrogen-bond donors (Lipinski definition) is 0. The van der Waals surface area contributed by atoms with Crippen molar-refractivity contribution in [2.45, 2.75) is 39.2 Å². The van der Waals surface area contributed by atoms with Crippen molar-refractivity contribution < 1.29 is 9.18 Å². The van der Waals surface area contributed by atoms with Crippen molar-refractivity contribution >= 4 is 16.8 Å². The minimum absolute atomic E-state index is 0.222. The molecule has 1 amide bonds. The maximum Gasteiger partial charge on any atom is 0.222 e. The molecule has 2 aliphatic heterocycles. The number of amides is 1. The number of rotatable bonds is 3. The number of aromatic nitrogens is 1. The molecule has 138 valence electrons. The maximum atomic E-state index is 13.3. The molecule has 0 saturated carbocycles. The summed E-state index contributed by atoms with van der Waals surface area (Å²) in [6.07, 6.45) is 4.04. The van der Waals surface area contributed by atoms with Crippen LogP contribution in [0.15, 0.2) is 30.3 Å². The summed E-state index contributed by atoms with van der Waals surface area (Å²) in [5.41, 5.74) is 2.20. The second-order valence-corrected chi connectivity index (χ2v) is 7.82. The van der Waals surface area contributed by atoms with Crippen molar-refractivity contribution in [3.63, 3.8) is 0 Å². The van der Waals surface area contributed by atoms with E-state index >= 15 is 0 Å². The van der Waals surface area contributed by atoms with Crippen molar-refractivity contribution in [1.29, 1.82) is 0 Å². The monoisotopic (exact) mass is 355 g/mol. The molecule has 5 heteroatoms. The summed E-state index contributed by atoms with van der Waals surface area (Å²) in [4.78, 5) is 21.1. The van der Waals surface area contributed by atoms with Crippen molar-refractivity contribution in [3.8, 4) is 0 Å². The fraction of sp³-hybridized carbons (Fsp3) is 0.524. The molecular weight excluding hydrogens is 329 g/mol.